The Morgan fingerprint density at radius 2 is 1.36 bits per heavy atom. The van der Waals surface area contributed by atoms with Gasteiger partial charge < -0.3 is 14.0 Å². The molecule has 5 nitrogen and oxygen atoms in total. The summed E-state index contributed by atoms with van der Waals surface area (Å²) in [7, 11) is -5.89. The molecule has 1 heterocycles. The normalized spacial score (nSPS) is 17.1. The van der Waals surface area contributed by atoms with Crippen molar-refractivity contribution in [1.82, 2.24) is 4.31 Å². The minimum Gasteiger partial charge on any atom is -0.416 e. The van der Waals surface area contributed by atoms with Gasteiger partial charge in [0.05, 0.1) is 17.4 Å². The summed E-state index contributed by atoms with van der Waals surface area (Å²) in [5.41, 5.74) is 4.49. The summed E-state index contributed by atoms with van der Waals surface area (Å²) < 4.78 is 29.9. The Balaban J connectivity index is 1.74. The van der Waals surface area contributed by atoms with Crippen molar-refractivity contribution in [3.05, 3.63) is 95.1 Å². The molecule has 0 aromatic heterocycles. The maximum Gasteiger partial charge on any atom is 0.261 e. The van der Waals surface area contributed by atoms with Gasteiger partial charge in [-0.15, -0.1) is 0 Å². The second-order valence-electron chi connectivity index (χ2n) is 16.6. The Bertz CT molecular complexity index is 1470. The van der Waals surface area contributed by atoms with Crippen LogP contribution in [0.25, 0.3) is 0 Å². The van der Waals surface area contributed by atoms with Gasteiger partial charge in [-0.3, -0.25) is 0 Å². The molecule has 0 bridgehead atoms. The van der Waals surface area contributed by atoms with Gasteiger partial charge in [-0.1, -0.05) is 114 Å². The van der Waals surface area contributed by atoms with Crippen LogP contribution in [0.2, 0.25) is 23.2 Å². The van der Waals surface area contributed by atoms with Crippen LogP contribution in [0, 0.1) is 0 Å². The van der Waals surface area contributed by atoms with E-state index in [1.807, 2.05) is 0 Å². The first kappa shape index (κ1) is 37.9. The number of rotatable bonds is 12. The van der Waals surface area contributed by atoms with Gasteiger partial charge in [-0.2, -0.15) is 0 Å². The van der Waals surface area contributed by atoms with Gasteiger partial charge >= 0.3 is 0 Å². The predicted molar refractivity (Wildman–Crippen MR) is 204 cm³/mol. The highest BCUT2D eigenvalue weighted by Crippen LogP contribution is 2.44. The number of aliphatic hydroxyl groups excluding tert-OH is 1. The average Bonchev–Trinajstić information content (AvgIpc) is 3.36. The molecule has 0 fully saturated rings. The zero-order valence-electron chi connectivity index (χ0n) is 30.8. The van der Waals surface area contributed by atoms with Crippen molar-refractivity contribution in [1.29, 1.82) is 0 Å². The SMILES string of the molecule is CC(C)(C)[S@@](=O)N1Cc2cc(CO)cc(CCO[Si](C)(C)C(C)(C)C)c2[C@H]1CCO[Si](c1ccccc1)(c1ccccc1)C(C)(C)C. The molecule has 2 atom stereocenters. The molecule has 47 heavy (non-hydrogen) atoms. The second-order valence-corrected chi connectivity index (χ2v) is 27.9. The quantitative estimate of drug-likeness (QED) is 0.195. The van der Waals surface area contributed by atoms with Crippen molar-refractivity contribution in [3.8, 4) is 0 Å². The smallest absolute Gasteiger partial charge is 0.261 e. The molecule has 0 saturated carbocycles. The van der Waals surface area contributed by atoms with Crippen LogP contribution < -0.4 is 10.4 Å². The summed E-state index contributed by atoms with van der Waals surface area (Å²) in [6.07, 6.45) is 1.47. The first-order valence-electron chi connectivity index (χ1n) is 17.2. The van der Waals surface area contributed by atoms with E-state index in [-0.39, 0.29) is 22.7 Å². The topological polar surface area (TPSA) is 59.0 Å². The molecule has 1 N–H and O–H groups in total. The van der Waals surface area contributed by atoms with E-state index >= 15 is 0 Å². The summed E-state index contributed by atoms with van der Waals surface area (Å²) in [6, 6.07) is 25.7. The monoisotopic (exact) mass is 693 g/mol. The van der Waals surface area contributed by atoms with Crippen LogP contribution in [0.4, 0.5) is 0 Å². The fraction of sp³-hybridized carbons (Fsp3) is 0.538. The minimum atomic E-state index is -2.73. The first-order chi connectivity index (χ1) is 21.8. The Labute approximate surface area is 290 Å². The fourth-order valence-corrected chi connectivity index (χ4v) is 13.7. The van der Waals surface area contributed by atoms with Crippen LogP contribution in [0.1, 0.15) is 97.0 Å². The van der Waals surface area contributed by atoms with Crippen LogP contribution in [0.3, 0.4) is 0 Å². The molecular formula is C39H59NO4SSi2. The van der Waals surface area contributed by atoms with E-state index in [2.05, 4.69) is 153 Å². The highest BCUT2D eigenvalue weighted by Gasteiger charge is 2.50. The molecule has 258 valence electrons. The Morgan fingerprint density at radius 1 is 0.809 bits per heavy atom. The zero-order chi connectivity index (χ0) is 34.8. The van der Waals surface area contributed by atoms with E-state index < -0.39 is 32.4 Å². The van der Waals surface area contributed by atoms with E-state index in [4.69, 9.17) is 8.85 Å². The fourth-order valence-electron chi connectivity index (χ4n) is 6.66. The molecule has 0 spiro atoms. The molecule has 0 aliphatic carbocycles. The molecule has 8 heteroatoms. The molecule has 4 rings (SSSR count). The van der Waals surface area contributed by atoms with Crippen molar-refractivity contribution >= 4 is 38.0 Å². The second kappa shape index (κ2) is 14.5. The van der Waals surface area contributed by atoms with Gasteiger partial charge in [0.15, 0.2) is 8.32 Å². The van der Waals surface area contributed by atoms with Crippen LogP contribution in [-0.4, -0.2) is 48.2 Å². The van der Waals surface area contributed by atoms with Gasteiger partial charge in [0, 0.05) is 19.8 Å². The van der Waals surface area contributed by atoms with E-state index in [0.29, 0.717) is 26.2 Å². The summed E-state index contributed by atoms with van der Waals surface area (Å²) in [5.74, 6) is 0. The molecule has 1 aliphatic rings. The van der Waals surface area contributed by atoms with Gasteiger partial charge in [0.25, 0.3) is 8.32 Å². The third-order valence-electron chi connectivity index (χ3n) is 10.1. The third kappa shape index (κ3) is 8.12. The number of hydrogen-bond donors (Lipinski definition) is 1. The molecule has 0 radical (unpaired) electrons. The summed E-state index contributed by atoms with van der Waals surface area (Å²) >= 11 is 0. The van der Waals surface area contributed by atoms with Crippen molar-refractivity contribution in [2.45, 2.75) is 122 Å². The van der Waals surface area contributed by atoms with Gasteiger partial charge in [-0.05, 0) is 89.4 Å². The lowest BCUT2D eigenvalue weighted by molar-refractivity contribution is 0.243. The lowest BCUT2D eigenvalue weighted by atomic mass is 9.93. The summed E-state index contributed by atoms with van der Waals surface area (Å²) in [6.45, 7) is 26.2. The number of benzene rings is 3. The number of aliphatic hydroxyl groups is 1. The molecule has 1 aliphatic heterocycles. The first-order valence-corrected chi connectivity index (χ1v) is 23.1. The largest absolute Gasteiger partial charge is 0.416 e. The number of fused-ring (bicyclic) bond motifs is 1. The van der Waals surface area contributed by atoms with E-state index in [1.165, 1.54) is 21.5 Å². The Hall–Kier alpha value is -1.92. The van der Waals surface area contributed by atoms with Gasteiger partial charge in [-0.25, -0.2) is 8.51 Å². The van der Waals surface area contributed by atoms with Crippen molar-refractivity contribution in [2.75, 3.05) is 13.2 Å². The number of hydrogen-bond acceptors (Lipinski definition) is 4. The zero-order valence-corrected chi connectivity index (χ0v) is 33.6. The lowest BCUT2D eigenvalue weighted by Gasteiger charge is -2.43. The van der Waals surface area contributed by atoms with Crippen LogP contribution in [0.5, 0.6) is 0 Å². The summed E-state index contributed by atoms with van der Waals surface area (Å²) in [4.78, 5) is 0. The molecule has 0 unspecified atom stereocenters. The van der Waals surface area contributed by atoms with Gasteiger partial charge in [0.2, 0.25) is 0 Å². The van der Waals surface area contributed by atoms with Gasteiger partial charge in [0.1, 0.15) is 11.0 Å². The number of nitrogens with zero attached hydrogens (tertiary/aromatic N) is 1. The maximum absolute atomic E-state index is 14.2. The average molecular weight is 694 g/mol. The lowest BCUT2D eigenvalue weighted by Crippen LogP contribution is -2.66. The third-order valence-corrected chi connectivity index (χ3v) is 21.5. The molecule has 0 amide bonds. The highest BCUT2D eigenvalue weighted by molar-refractivity contribution is 7.84. The van der Waals surface area contributed by atoms with Crippen molar-refractivity contribution in [2.24, 2.45) is 0 Å². The molecule has 0 saturated heterocycles. The standard InChI is InChI=1S/C39H59NO4SSi2/c1-37(2,3)45(42)40-28-32-27-30(29-41)26-31(22-24-43-46(10,11)38(4,5)6)36(32)35(40)23-25-44-47(39(7,8)9,33-18-14-12-15-19-33)34-20-16-13-17-21-34/h12-21,26-27,35,41H,22-25,28-29H2,1-11H3/t35-,45-/m1/s1. The van der Waals surface area contributed by atoms with Crippen LogP contribution in [-0.2, 0) is 39.4 Å². The Morgan fingerprint density at radius 3 is 1.83 bits per heavy atom. The molecule has 3 aromatic rings. The highest BCUT2D eigenvalue weighted by atomic mass is 32.2. The van der Waals surface area contributed by atoms with E-state index in [0.717, 1.165) is 17.5 Å². The van der Waals surface area contributed by atoms with Crippen molar-refractivity contribution in [3.63, 3.8) is 0 Å². The van der Waals surface area contributed by atoms with Crippen LogP contribution in [0.15, 0.2) is 72.8 Å². The maximum atomic E-state index is 14.2. The predicted octanol–water partition coefficient (Wildman–Crippen LogP) is 8.03. The minimum absolute atomic E-state index is 0.0205. The van der Waals surface area contributed by atoms with Crippen molar-refractivity contribution < 1.29 is 18.2 Å². The van der Waals surface area contributed by atoms with E-state index in [9.17, 15) is 9.32 Å². The molecular weight excluding hydrogens is 635 g/mol. The molecule has 3 aromatic carbocycles. The van der Waals surface area contributed by atoms with E-state index in [1.54, 1.807) is 0 Å². The Kier molecular flexibility index (Phi) is 11.7. The summed E-state index contributed by atoms with van der Waals surface area (Å²) in [5, 5.41) is 12.8. The van der Waals surface area contributed by atoms with Crippen LogP contribution >= 0.6 is 0 Å².